The Morgan fingerprint density at radius 2 is 1.88 bits per heavy atom. The summed E-state index contributed by atoms with van der Waals surface area (Å²) < 4.78 is 0. The molecule has 1 unspecified atom stereocenters. The molecule has 0 fully saturated rings. The van der Waals surface area contributed by atoms with Crippen LogP contribution in [0, 0.1) is 11.3 Å². The summed E-state index contributed by atoms with van der Waals surface area (Å²) in [5, 5.41) is 12.1. The van der Waals surface area contributed by atoms with Gasteiger partial charge in [-0.25, -0.2) is 9.97 Å². The Labute approximate surface area is 100.0 Å². The molecule has 84 valence electrons. The third-order valence-corrected chi connectivity index (χ3v) is 2.43. The number of nitrogens with zero attached hydrogens (tertiary/aromatic N) is 3. The number of benzene rings is 1. The van der Waals surface area contributed by atoms with E-state index in [-0.39, 0.29) is 5.92 Å². The van der Waals surface area contributed by atoms with E-state index in [1.54, 1.807) is 18.5 Å². The number of rotatable bonds is 3. The van der Waals surface area contributed by atoms with E-state index in [0.29, 0.717) is 5.95 Å². The molecule has 2 aromatic rings. The molecule has 17 heavy (non-hydrogen) atoms. The lowest BCUT2D eigenvalue weighted by Crippen LogP contribution is -2.01. The molecular formula is C13H12N4. The third-order valence-electron chi connectivity index (χ3n) is 2.43. The summed E-state index contributed by atoms with van der Waals surface area (Å²) in [5.74, 6) is 0.368. The highest BCUT2D eigenvalue weighted by Gasteiger charge is 2.09. The zero-order valence-corrected chi connectivity index (χ0v) is 9.46. The highest BCUT2D eigenvalue weighted by molar-refractivity contribution is 5.60. The lowest BCUT2D eigenvalue weighted by Gasteiger charge is -2.11. The monoisotopic (exact) mass is 224 g/mol. The lowest BCUT2D eigenvalue weighted by atomic mass is 10.0. The summed E-state index contributed by atoms with van der Waals surface area (Å²) in [6.07, 6.45) is 3.34. The molecule has 4 nitrogen and oxygen atoms in total. The van der Waals surface area contributed by atoms with Gasteiger partial charge in [-0.3, -0.25) is 0 Å². The SMILES string of the molecule is CC(C#N)c1ccccc1Nc1ncccn1. The van der Waals surface area contributed by atoms with Crippen LogP contribution in [0.3, 0.4) is 0 Å². The molecule has 1 atom stereocenters. The van der Waals surface area contributed by atoms with Crippen LogP contribution in [0.15, 0.2) is 42.7 Å². The summed E-state index contributed by atoms with van der Waals surface area (Å²) in [5.41, 5.74) is 1.82. The van der Waals surface area contributed by atoms with Crippen LogP contribution in [0.25, 0.3) is 0 Å². The molecule has 0 aliphatic heterocycles. The molecule has 0 aliphatic carbocycles. The van der Waals surface area contributed by atoms with Gasteiger partial charge in [-0.05, 0) is 24.6 Å². The Balaban J connectivity index is 2.31. The Hall–Kier alpha value is -2.41. The quantitative estimate of drug-likeness (QED) is 0.870. The first-order valence-electron chi connectivity index (χ1n) is 5.34. The minimum absolute atomic E-state index is 0.164. The van der Waals surface area contributed by atoms with Crippen LogP contribution in [0.5, 0.6) is 0 Å². The molecule has 1 aromatic heterocycles. The van der Waals surface area contributed by atoms with Crippen molar-refractivity contribution in [1.82, 2.24) is 9.97 Å². The molecule has 0 amide bonds. The topological polar surface area (TPSA) is 61.6 Å². The fourth-order valence-electron chi connectivity index (χ4n) is 1.54. The van der Waals surface area contributed by atoms with E-state index in [1.807, 2.05) is 31.2 Å². The van der Waals surface area contributed by atoms with E-state index in [0.717, 1.165) is 11.3 Å². The number of hydrogen-bond acceptors (Lipinski definition) is 4. The molecule has 4 heteroatoms. The molecule has 0 aliphatic rings. The largest absolute Gasteiger partial charge is 0.324 e. The molecule has 0 saturated carbocycles. The first-order chi connectivity index (χ1) is 8.31. The van der Waals surface area contributed by atoms with Gasteiger partial charge in [0.05, 0.1) is 12.0 Å². The Morgan fingerprint density at radius 1 is 1.18 bits per heavy atom. The van der Waals surface area contributed by atoms with E-state index in [2.05, 4.69) is 21.4 Å². The molecule has 0 spiro atoms. The molecule has 1 N–H and O–H groups in total. The van der Waals surface area contributed by atoms with Gasteiger partial charge in [0.25, 0.3) is 0 Å². The van der Waals surface area contributed by atoms with Crippen LogP contribution in [0.2, 0.25) is 0 Å². The van der Waals surface area contributed by atoms with Crippen molar-refractivity contribution in [1.29, 1.82) is 5.26 Å². The highest BCUT2D eigenvalue weighted by Crippen LogP contribution is 2.25. The van der Waals surface area contributed by atoms with Crippen molar-refractivity contribution in [3.05, 3.63) is 48.3 Å². The Kier molecular flexibility index (Phi) is 3.31. The van der Waals surface area contributed by atoms with Gasteiger partial charge in [-0.15, -0.1) is 0 Å². The van der Waals surface area contributed by atoms with Crippen molar-refractivity contribution < 1.29 is 0 Å². The molecule has 0 radical (unpaired) electrons. The molecular weight excluding hydrogens is 212 g/mol. The van der Waals surface area contributed by atoms with E-state index in [9.17, 15) is 0 Å². The average molecular weight is 224 g/mol. The fourth-order valence-corrected chi connectivity index (χ4v) is 1.54. The summed E-state index contributed by atoms with van der Waals surface area (Å²) in [6.45, 7) is 1.87. The number of nitrogens with one attached hydrogen (secondary N) is 1. The summed E-state index contributed by atoms with van der Waals surface area (Å²) in [6, 6.07) is 11.7. The van der Waals surface area contributed by atoms with Gasteiger partial charge in [0.15, 0.2) is 0 Å². The zero-order valence-electron chi connectivity index (χ0n) is 9.46. The third kappa shape index (κ3) is 2.58. The van der Waals surface area contributed by atoms with E-state index in [1.165, 1.54) is 0 Å². The van der Waals surface area contributed by atoms with Gasteiger partial charge in [-0.2, -0.15) is 5.26 Å². The average Bonchev–Trinajstić information content (AvgIpc) is 2.40. The fraction of sp³-hybridized carbons (Fsp3) is 0.154. The Morgan fingerprint density at radius 3 is 2.59 bits per heavy atom. The number of nitriles is 1. The first kappa shape index (κ1) is 11.1. The smallest absolute Gasteiger partial charge is 0.227 e. The maximum atomic E-state index is 8.97. The van der Waals surface area contributed by atoms with Gasteiger partial charge in [-0.1, -0.05) is 18.2 Å². The van der Waals surface area contributed by atoms with Crippen LogP contribution >= 0.6 is 0 Å². The lowest BCUT2D eigenvalue weighted by molar-refractivity contribution is 0.982. The first-order valence-corrected chi connectivity index (χ1v) is 5.34. The summed E-state index contributed by atoms with van der Waals surface area (Å²) >= 11 is 0. The molecule has 1 heterocycles. The van der Waals surface area contributed by atoms with E-state index < -0.39 is 0 Å². The van der Waals surface area contributed by atoms with Crippen molar-refractivity contribution in [2.24, 2.45) is 0 Å². The standard InChI is InChI=1S/C13H12N4/c1-10(9-14)11-5-2-3-6-12(11)17-13-15-7-4-8-16-13/h2-8,10H,1H3,(H,15,16,17). The maximum Gasteiger partial charge on any atom is 0.227 e. The predicted molar refractivity (Wildman–Crippen MR) is 65.8 cm³/mol. The van der Waals surface area contributed by atoms with Crippen LogP contribution in [0.1, 0.15) is 18.4 Å². The molecule has 1 aromatic carbocycles. The van der Waals surface area contributed by atoms with Crippen molar-refractivity contribution in [2.75, 3.05) is 5.32 Å². The van der Waals surface area contributed by atoms with Crippen molar-refractivity contribution in [2.45, 2.75) is 12.8 Å². The number of aromatic nitrogens is 2. The van der Waals surface area contributed by atoms with Crippen LogP contribution < -0.4 is 5.32 Å². The molecule has 0 saturated heterocycles. The second kappa shape index (κ2) is 5.08. The van der Waals surface area contributed by atoms with Gasteiger partial charge >= 0.3 is 0 Å². The summed E-state index contributed by atoms with van der Waals surface area (Å²) in [4.78, 5) is 8.19. The highest BCUT2D eigenvalue weighted by atomic mass is 15.1. The number of para-hydroxylation sites is 1. The van der Waals surface area contributed by atoms with Crippen molar-refractivity contribution in [3.8, 4) is 6.07 Å². The number of hydrogen-bond donors (Lipinski definition) is 1. The minimum Gasteiger partial charge on any atom is -0.324 e. The van der Waals surface area contributed by atoms with E-state index in [4.69, 9.17) is 5.26 Å². The second-order valence-corrected chi connectivity index (χ2v) is 3.64. The van der Waals surface area contributed by atoms with E-state index >= 15 is 0 Å². The van der Waals surface area contributed by atoms with Gasteiger partial charge in [0.2, 0.25) is 5.95 Å². The normalized spacial score (nSPS) is 11.5. The zero-order chi connectivity index (χ0) is 12.1. The van der Waals surface area contributed by atoms with Gasteiger partial charge in [0, 0.05) is 18.1 Å². The second-order valence-electron chi connectivity index (χ2n) is 3.64. The van der Waals surface area contributed by atoms with Crippen LogP contribution in [-0.2, 0) is 0 Å². The van der Waals surface area contributed by atoms with Crippen LogP contribution in [-0.4, -0.2) is 9.97 Å². The minimum atomic E-state index is -0.164. The summed E-state index contributed by atoms with van der Waals surface area (Å²) in [7, 11) is 0. The predicted octanol–water partition coefficient (Wildman–Crippen LogP) is 2.85. The van der Waals surface area contributed by atoms with Crippen LogP contribution in [0.4, 0.5) is 11.6 Å². The van der Waals surface area contributed by atoms with Crippen molar-refractivity contribution >= 4 is 11.6 Å². The maximum absolute atomic E-state index is 8.97. The van der Waals surface area contributed by atoms with Gasteiger partial charge in [0.1, 0.15) is 0 Å². The molecule has 0 bridgehead atoms. The van der Waals surface area contributed by atoms with Crippen molar-refractivity contribution in [3.63, 3.8) is 0 Å². The molecule has 2 rings (SSSR count). The number of anilines is 2. The van der Waals surface area contributed by atoms with Gasteiger partial charge < -0.3 is 5.32 Å². The Bertz CT molecular complexity index is 531.